The van der Waals surface area contributed by atoms with Crippen molar-refractivity contribution >= 4 is 40.6 Å². The third-order valence-corrected chi connectivity index (χ3v) is 7.64. The predicted molar refractivity (Wildman–Crippen MR) is 130 cm³/mol. The van der Waals surface area contributed by atoms with Gasteiger partial charge in [-0.3, -0.25) is 4.79 Å². The van der Waals surface area contributed by atoms with Gasteiger partial charge < -0.3 is 10.6 Å². The molecule has 2 aliphatic rings. The van der Waals surface area contributed by atoms with Gasteiger partial charge in [-0.25, -0.2) is 9.97 Å². The smallest absolute Gasteiger partial charge is 0.181 e. The van der Waals surface area contributed by atoms with Crippen LogP contribution in [0.2, 0.25) is 10.0 Å². The van der Waals surface area contributed by atoms with E-state index in [1.807, 2.05) is 0 Å². The van der Waals surface area contributed by atoms with Gasteiger partial charge in [0.25, 0.3) is 0 Å². The molecule has 0 radical (unpaired) electrons. The number of carbonyl (C=O) groups excluding carboxylic acids is 1. The van der Waals surface area contributed by atoms with E-state index in [2.05, 4.69) is 39.1 Å². The second kappa shape index (κ2) is 8.05. The van der Waals surface area contributed by atoms with Crippen LogP contribution in [0.5, 0.6) is 0 Å². The number of nitrogens with two attached hydrogens (primary N) is 1. The summed E-state index contributed by atoms with van der Waals surface area (Å²) < 4.78 is 0. The molecule has 2 aromatic carbocycles. The lowest BCUT2D eigenvalue weighted by Gasteiger charge is -2.40. The summed E-state index contributed by atoms with van der Waals surface area (Å²) in [5.74, 6) is 0.644. The first-order valence-electron chi connectivity index (χ1n) is 10.8. The Bertz CT molecular complexity index is 1190. The summed E-state index contributed by atoms with van der Waals surface area (Å²) in [6.45, 7) is 3.14. The second-order valence-electron chi connectivity index (χ2n) is 8.90. The molecule has 2 N–H and O–H groups in total. The molecular formula is C25H24Cl2N4O. The Labute approximate surface area is 197 Å². The van der Waals surface area contributed by atoms with Gasteiger partial charge in [-0.15, -0.1) is 0 Å². The van der Waals surface area contributed by atoms with Gasteiger partial charge in [-0.2, -0.15) is 0 Å². The summed E-state index contributed by atoms with van der Waals surface area (Å²) in [6, 6.07) is 14.0. The highest BCUT2D eigenvalue weighted by atomic mass is 35.5. The molecule has 0 bridgehead atoms. The highest BCUT2D eigenvalue weighted by molar-refractivity contribution is 6.43. The first-order chi connectivity index (χ1) is 15.4. The fraction of sp³-hybridized carbons (Fsp3) is 0.320. The van der Waals surface area contributed by atoms with Gasteiger partial charge in [-0.1, -0.05) is 59.6 Å². The molecule has 1 fully saturated rings. The number of benzene rings is 2. The Morgan fingerprint density at radius 3 is 2.28 bits per heavy atom. The zero-order valence-electron chi connectivity index (χ0n) is 17.9. The van der Waals surface area contributed by atoms with E-state index >= 15 is 0 Å². The molecule has 0 saturated carbocycles. The largest absolute Gasteiger partial charge is 0.382 e. The number of nitrogen functional groups attached to an aromatic ring is 1. The number of halogens is 2. The molecular weight excluding hydrogens is 443 g/mol. The van der Waals surface area contributed by atoms with Crippen LogP contribution >= 0.6 is 23.2 Å². The van der Waals surface area contributed by atoms with Crippen LogP contribution in [0, 0.1) is 5.41 Å². The Morgan fingerprint density at radius 1 is 1.00 bits per heavy atom. The molecule has 32 heavy (non-hydrogen) atoms. The summed E-state index contributed by atoms with van der Waals surface area (Å²) >= 11 is 12.5. The van der Waals surface area contributed by atoms with Crippen LogP contribution in [-0.4, -0.2) is 28.8 Å². The number of ketones is 1. The number of piperidine rings is 1. The number of carbonyl (C=O) groups is 1. The Morgan fingerprint density at radius 2 is 1.66 bits per heavy atom. The van der Waals surface area contributed by atoms with E-state index in [9.17, 15) is 4.79 Å². The van der Waals surface area contributed by atoms with Crippen molar-refractivity contribution in [1.82, 2.24) is 9.97 Å². The number of rotatable bonds is 3. The van der Waals surface area contributed by atoms with E-state index < -0.39 is 0 Å². The third kappa shape index (κ3) is 3.63. The van der Waals surface area contributed by atoms with Gasteiger partial charge >= 0.3 is 0 Å². The van der Waals surface area contributed by atoms with Gasteiger partial charge in [0.2, 0.25) is 0 Å². The van der Waals surface area contributed by atoms with Crippen LogP contribution in [0.1, 0.15) is 41.4 Å². The molecule has 0 atom stereocenters. The van der Waals surface area contributed by atoms with Crippen molar-refractivity contribution in [2.24, 2.45) is 5.41 Å². The topological polar surface area (TPSA) is 72.1 Å². The SMILES string of the molecule is CC(=O)c1nc(-c2cccc(Cl)c2Cl)c(N)nc1N1CCC2(CC1)Cc1ccccc1C2. The van der Waals surface area contributed by atoms with E-state index in [1.165, 1.54) is 18.1 Å². The number of Topliss-reactive ketones (excluding diaryl/α,β-unsaturated/α-hetero) is 1. The Kier molecular flexibility index (Phi) is 5.34. The lowest BCUT2D eigenvalue weighted by Crippen LogP contribution is -2.41. The van der Waals surface area contributed by atoms with Crippen LogP contribution in [0.4, 0.5) is 11.6 Å². The standard InChI is InChI=1S/C25H24Cl2N4O/c1-15(32)21-24(30-23(28)22(29-21)18-7-4-8-19(26)20(18)27)31-11-9-25(10-12-31)13-16-5-2-3-6-17(16)14-25/h2-8H,9-14H2,1H3,(H2,28,30). The summed E-state index contributed by atoms with van der Waals surface area (Å²) in [4.78, 5) is 23.9. The molecule has 1 spiro atoms. The Balaban J connectivity index is 1.44. The first kappa shape index (κ1) is 21.2. The quantitative estimate of drug-likeness (QED) is 0.507. The van der Waals surface area contributed by atoms with Crippen LogP contribution in [0.15, 0.2) is 42.5 Å². The normalized spacial score (nSPS) is 16.9. The van der Waals surface area contributed by atoms with Gasteiger partial charge in [0, 0.05) is 25.6 Å². The molecule has 1 saturated heterocycles. The molecule has 1 aliphatic heterocycles. The minimum Gasteiger partial charge on any atom is -0.382 e. The molecule has 0 unspecified atom stereocenters. The van der Waals surface area contributed by atoms with Crippen LogP contribution in [0.3, 0.4) is 0 Å². The number of hydrogen-bond acceptors (Lipinski definition) is 5. The van der Waals surface area contributed by atoms with Crippen molar-refractivity contribution in [3.05, 3.63) is 69.3 Å². The predicted octanol–water partition coefficient (Wildman–Crippen LogP) is 5.62. The average molecular weight is 467 g/mol. The van der Waals surface area contributed by atoms with Crippen molar-refractivity contribution in [1.29, 1.82) is 0 Å². The van der Waals surface area contributed by atoms with Crippen molar-refractivity contribution in [3.63, 3.8) is 0 Å². The van der Waals surface area contributed by atoms with Crippen molar-refractivity contribution in [3.8, 4) is 11.3 Å². The lowest BCUT2D eigenvalue weighted by atomic mass is 9.76. The van der Waals surface area contributed by atoms with E-state index in [-0.39, 0.29) is 11.6 Å². The summed E-state index contributed by atoms with van der Waals surface area (Å²) in [7, 11) is 0. The maximum absolute atomic E-state index is 12.5. The second-order valence-corrected chi connectivity index (χ2v) is 9.68. The third-order valence-electron chi connectivity index (χ3n) is 6.82. The summed E-state index contributed by atoms with van der Waals surface area (Å²) in [5.41, 5.74) is 10.8. The monoisotopic (exact) mass is 466 g/mol. The van der Waals surface area contributed by atoms with Gasteiger partial charge in [0.1, 0.15) is 11.4 Å². The van der Waals surface area contributed by atoms with Gasteiger partial charge in [0.05, 0.1) is 10.0 Å². The van der Waals surface area contributed by atoms with E-state index in [0.29, 0.717) is 38.2 Å². The zero-order chi connectivity index (χ0) is 22.5. The molecule has 7 heteroatoms. The van der Waals surface area contributed by atoms with Gasteiger partial charge in [0.15, 0.2) is 17.4 Å². The molecule has 1 aromatic heterocycles. The molecule has 5 rings (SSSR count). The number of aromatic nitrogens is 2. The Hall–Kier alpha value is -2.63. The highest BCUT2D eigenvalue weighted by Gasteiger charge is 2.40. The van der Waals surface area contributed by atoms with Crippen molar-refractivity contribution in [2.75, 3.05) is 23.7 Å². The molecule has 3 aromatic rings. The van der Waals surface area contributed by atoms with Crippen LogP contribution in [-0.2, 0) is 12.8 Å². The maximum Gasteiger partial charge on any atom is 0.181 e. The minimum absolute atomic E-state index is 0.152. The maximum atomic E-state index is 12.5. The molecule has 164 valence electrons. The number of anilines is 2. The highest BCUT2D eigenvalue weighted by Crippen LogP contribution is 2.45. The first-order valence-corrected chi connectivity index (χ1v) is 11.6. The number of nitrogens with zero attached hydrogens (tertiary/aromatic N) is 3. The van der Waals surface area contributed by atoms with Crippen LogP contribution in [0.25, 0.3) is 11.3 Å². The summed E-state index contributed by atoms with van der Waals surface area (Å²) in [5, 5.41) is 0.746. The minimum atomic E-state index is -0.152. The fourth-order valence-corrected chi connectivity index (χ4v) is 5.49. The molecule has 1 aliphatic carbocycles. The van der Waals surface area contributed by atoms with E-state index in [0.717, 1.165) is 38.8 Å². The van der Waals surface area contributed by atoms with E-state index in [1.54, 1.807) is 18.2 Å². The lowest BCUT2D eigenvalue weighted by molar-refractivity contribution is 0.101. The summed E-state index contributed by atoms with van der Waals surface area (Å²) in [6.07, 6.45) is 4.33. The molecule has 0 amide bonds. The number of hydrogen-bond donors (Lipinski definition) is 1. The zero-order valence-corrected chi connectivity index (χ0v) is 19.4. The van der Waals surface area contributed by atoms with Crippen molar-refractivity contribution in [2.45, 2.75) is 32.6 Å². The molecule has 2 heterocycles. The van der Waals surface area contributed by atoms with Gasteiger partial charge in [-0.05, 0) is 48.3 Å². The number of fused-ring (bicyclic) bond motifs is 1. The van der Waals surface area contributed by atoms with Crippen molar-refractivity contribution < 1.29 is 4.79 Å². The van der Waals surface area contributed by atoms with Crippen LogP contribution < -0.4 is 10.6 Å². The molecule has 5 nitrogen and oxygen atoms in total. The fourth-order valence-electron chi connectivity index (χ4n) is 5.10. The van der Waals surface area contributed by atoms with E-state index in [4.69, 9.17) is 28.9 Å². The average Bonchev–Trinajstić information content (AvgIpc) is 3.13.